The Balaban J connectivity index is 2.01. The van der Waals surface area contributed by atoms with Crippen molar-refractivity contribution in [3.05, 3.63) is 59.7 Å². The molecule has 0 saturated carbocycles. The van der Waals surface area contributed by atoms with Crippen LogP contribution in [0.1, 0.15) is 37.9 Å². The number of benzene rings is 2. The van der Waals surface area contributed by atoms with E-state index in [0.29, 0.717) is 24.4 Å². The molecule has 1 atom stereocenters. The zero-order chi connectivity index (χ0) is 20.7. The van der Waals surface area contributed by atoms with Crippen LogP contribution < -0.4 is 10.1 Å². The Bertz CT molecular complexity index is 894. The Morgan fingerprint density at radius 2 is 1.75 bits per heavy atom. The Labute approximate surface area is 167 Å². The highest BCUT2D eigenvalue weighted by molar-refractivity contribution is 7.89. The molecule has 2 aromatic carbocycles. The second kappa shape index (κ2) is 9.71. The van der Waals surface area contributed by atoms with Crippen molar-refractivity contribution < 1.29 is 17.9 Å². The molecule has 2 rings (SSSR count). The van der Waals surface area contributed by atoms with Crippen LogP contribution in [0.25, 0.3) is 0 Å². The summed E-state index contributed by atoms with van der Waals surface area (Å²) in [5.74, 6) is 0.247. The number of ether oxygens (including phenoxy) is 1. The van der Waals surface area contributed by atoms with Crippen LogP contribution in [0.2, 0.25) is 0 Å². The molecule has 7 heteroatoms. The summed E-state index contributed by atoms with van der Waals surface area (Å²) in [7, 11) is -3.52. The molecule has 0 saturated heterocycles. The number of carbonyl (C=O) groups excluding carboxylic acids is 1. The van der Waals surface area contributed by atoms with E-state index in [9.17, 15) is 13.2 Å². The molecule has 0 spiro atoms. The van der Waals surface area contributed by atoms with Crippen molar-refractivity contribution >= 4 is 15.9 Å². The smallest absolute Gasteiger partial charge is 0.258 e. The molecule has 2 aromatic rings. The van der Waals surface area contributed by atoms with Crippen LogP contribution in [0.3, 0.4) is 0 Å². The van der Waals surface area contributed by atoms with Crippen molar-refractivity contribution in [2.24, 2.45) is 0 Å². The summed E-state index contributed by atoms with van der Waals surface area (Å²) in [6.45, 7) is 7.97. The fourth-order valence-corrected chi connectivity index (χ4v) is 4.45. The average Bonchev–Trinajstić information content (AvgIpc) is 2.68. The molecule has 1 N–H and O–H groups in total. The standard InChI is InChI=1S/C21H28N2O4S/c1-5-23(6-2)28(25,26)19-12-13-20(16(3)14-19)27-15-21(24)22-17(4)18-10-8-7-9-11-18/h7-14,17H,5-6,15H2,1-4H3,(H,22,24)/t17-/m0/s1. The number of aryl methyl sites for hydroxylation is 1. The molecule has 0 fully saturated rings. The maximum absolute atomic E-state index is 12.6. The van der Waals surface area contributed by atoms with Gasteiger partial charge < -0.3 is 10.1 Å². The number of rotatable bonds is 9. The van der Waals surface area contributed by atoms with Crippen molar-refractivity contribution in [1.82, 2.24) is 9.62 Å². The van der Waals surface area contributed by atoms with Gasteiger partial charge in [-0.25, -0.2) is 8.42 Å². The van der Waals surface area contributed by atoms with E-state index in [2.05, 4.69) is 5.32 Å². The SMILES string of the molecule is CCN(CC)S(=O)(=O)c1ccc(OCC(=O)N[C@@H](C)c2ccccc2)c(C)c1. The van der Waals surface area contributed by atoms with E-state index in [-0.39, 0.29) is 23.5 Å². The number of hydrogen-bond acceptors (Lipinski definition) is 4. The number of hydrogen-bond donors (Lipinski definition) is 1. The van der Waals surface area contributed by atoms with E-state index in [1.807, 2.05) is 37.3 Å². The van der Waals surface area contributed by atoms with E-state index in [1.165, 1.54) is 10.4 Å². The van der Waals surface area contributed by atoms with Crippen molar-refractivity contribution in [2.45, 2.75) is 38.6 Å². The van der Waals surface area contributed by atoms with Crippen molar-refractivity contribution in [1.29, 1.82) is 0 Å². The van der Waals surface area contributed by atoms with Crippen LogP contribution >= 0.6 is 0 Å². The highest BCUT2D eigenvalue weighted by Gasteiger charge is 2.22. The van der Waals surface area contributed by atoms with Gasteiger partial charge in [0.2, 0.25) is 10.0 Å². The molecular formula is C21H28N2O4S. The second-order valence-electron chi connectivity index (χ2n) is 6.51. The topological polar surface area (TPSA) is 75.7 Å². The van der Waals surface area contributed by atoms with E-state index in [1.54, 1.807) is 32.9 Å². The summed E-state index contributed by atoms with van der Waals surface area (Å²) >= 11 is 0. The summed E-state index contributed by atoms with van der Waals surface area (Å²) in [5.41, 5.74) is 1.68. The van der Waals surface area contributed by atoms with Gasteiger partial charge in [-0.3, -0.25) is 4.79 Å². The van der Waals surface area contributed by atoms with Gasteiger partial charge in [0.05, 0.1) is 10.9 Å². The van der Waals surface area contributed by atoms with Gasteiger partial charge in [-0.2, -0.15) is 4.31 Å². The molecule has 0 aliphatic rings. The molecule has 0 radical (unpaired) electrons. The summed E-state index contributed by atoms with van der Waals surface area (Å²) in [6, 6.07) is 14.2. The van der Waals surface area contributed by atoms with Crippen LogP contribution in [-0.4, -0.2) is 38.3 Å². The first-order valence-corrected chi connectivity index (χ1v) is 10.8. The minimum absolute atomic E-state index is 0.125. The van der Waals surface area contributed by atoms with Gasteiger partial charge >= 0.3 is 0 Å². The van der Waals surface area contributed by atoms with E-state index in [0.717, 1.165) is 5.56 Å². The van der Waals surface area contributed by atoms with Crippen LogP contribution in [0.4, 0.5) is 0 Å². The number of amides is 1. The first-order chi connectivity index (χ1) is 13.3. The molecular weight excluding hydrogens is 376 g/mol. The van der Waals surface area contributed by atoms with Gasteiger partial charge in [-0.05, 0) is 43.2 Å². The zero-order valence-electron chi connectivity index (χ0n) is 16.8. The van der Waals surface area contributed by atoms with Gasteiger partial charge in [0.15, 0.2) is 6.61 Å². The Morgan fingerprint density at radius 1 is 1.11 bits per heavy atom. The number of sulfonamides is 1. The van der Waals surface area contributed by atoms with Crippen LogP contribution in [0.5, 0.6) is 5.75 Å². The highest BCUT2D eigenvalue weighted by atomic mass is 32.2. The summed E-state index contributed by atoms with van der Waals surface area (Å²) < 4.78 is 32.2. The lowest BCUT2D eigenvalue weighted by Crippen LogP contribution is -2.31. The highest BCUT2D eigenvalue weighted by Crippen LogP contribution is 2.24. The summed E-state index contributed by atoms with van der Waals surface area (Å²) in [4.78, 5) is 12.4. The van der Waals surface area contributed by atoms with Crippen LogP contribution in [-0.2, 0) is 14.8 Å². The van der Waals surface area contributed by atoms with Gasteiger partial charge in [-0.1, -0.05) is 44.2 Å². The van der Waals surface area contributed by atoms with Gasteiger partial charge in [0.25, 0.3) is 5.91 Å². The molecule has 0 aromatic heterocycles. The van der Waals surface area contributed by atoms with Gasteiger partial charge in [0, 0.05) is 13.1 Å². The monoisotopic (exact) mass is 404 g/mol. The quantitative estimate of drug-likeness (QED) is 0.696. The van der Waals surface area contributed by atoms with Gasteiger partial charge in [0.1, 0.15) is 5.75 Å². The lowest BCUT2D eigenvalue weighted by atomic mass is 10.1. The lowest BCUT2D eigenvalue weighted by molar-refractivity contribution is -0.123. The number of nitrogens with one attached hydrogen (secondary N) is 1. The van der Waals surface area contributed by atoms with E-state index < -0.39 is 10.0 Å². The maximum Gasteiger partial charge on any atom is 0.258 e. The Morgan fingerprint density at radius 3 is 2.32 bits per heavy atom. The summed E-state index contributed by atoms with van der Waals surface area (Å²) in [6.07, 6.45) is 0. The third-order valence-electron chi connectivity index (χ3n) is 4.53. The third-order valence-corrected chi connectivity index (χ3v) is 6.57. The van der Waals surface area contributed by atoms with Gasteiger partial charge in [-0.15, -0.1) is 0 Å². The van der Waals surface area contributed by atoms with Crippen molar-refractivity contribution in [3.63, 3.8) is 0 Å². The van der Waals surface area contributed by atoms with Crippen LogP contribution in [0, 0.1) is 6.92 Å². The molecule has 152 valence electrons. The molecule has 6 nitrogen and oxygen atoms in total. The Kier molecular flexibility index (Phi) is 7.60. The fourth-order valence-electron chi connectivity index (χ4n) is 2.91. The predicted octanol–water partition coefficient (Wildman–Crippen LogP) is 3.28. The molecule has 28 heavy (non-hydrogen) atoms. The van der Waals surface area contributed by atoms with E-state index in [4.69, 9.17) is 4.74 Å². The second-order valence-corrected chi connectivity index (χ2v) is 8.44. The van der Waals surface area contributed by atoms with Crippen molar-refractivity contribution in [3.8, 4) is 5.75 Å². The number of nitrogens with zero attached hydrogens (tertiary/aromatic N) is 1. The minimum atomic E-state index is -3.52. The first kappa shape index (κ1) is 21.9. The molecule has 0 aliphatic heterocycles. The van der Waals surface area contributed by atoms with Crippen molar-refractivity contribution in [2.75, 3.05) is 19.7 Å². The molecule has 0 bridgehead atoms. The molecule has 0 unspecified atom stereocenters. The molecule has 0 heterocycles. The normalized spacial score (nSPS) is 12.6. The third kappa shape index (κ3) is 5.33. The van der Waals surface area contributed by atoms with E-state index >= 15 is 0 Å². The minimum Gasteiger partial charge on any atom is -0.484 e. The fraction of sp³-hybridized carbons (Fsp3) is 0.381. The Hall–Kier alpha value is -2.38. The molecule has 0 aliphatic carbocycles. The predicted molar refractivity (Wildman–Crippen MR) is 110 cm³/mol. The maximum atomic E-state index is 12.6. The van der Waals surface area contributed by atoms with Crippen LogP contribution in [0.15, 0.2) is 53.4 Å². The first-order valence-electron chi connectivity index (χ1n) is 9.37. The zero-order valence-corrected chi connectivity index (χ0v) is 17.6. The number of carbonyl (C=O) groups is 1. The largest absolute Gasteiger partial charge is 0.484 e. The average molecular weight is 405 g/mol. The lowest BCUT2D eigenvalue weighted by Gasteiger charge is -2.19. The molecule has 1 amide bonds. The summed E-state index contributed by atoms with van der Waals surface area (Å²) in [5, 5.41) is 2.89.